The van der Waals surface area contributed by atoms with E-state index in [1.165, 1.54) is 25.0 Å². The van der Waals surface area contributed by atoms with E-state index in [2.05, 4.69) is 10.6 Å². The van der Waals surface area contributed by atoms with Crippen LogP contribution >= 0.6 is 0 Å². The molecule has 1 aromatic carbocycles. The largest absolute Gasteiger partial charge is 0.506 e. The fourth-order valence-electron chi connectivity index (χ4n) is 2.17. The second-order valence-corrected chi connectivity index (χ2v) is 4.61. The zero-order chi connectivity index (χ0) is 13.0. The number of benzene rings is 1. The van der Waals surface area contributed by atoms with Gasteiger partial charge in [0.15, 0.2) is 0 Å². The Balaban J connectivity index is 1.92. The van der Waals surface area contributed by atoms with Gasteiger partial charge in [0, 0.05) is 18.2 Å². The molecule has 0 bridgehead atoms. The van der Waals surface area contributed by atoms with E-state index in [4.69, 9.17) is 0 Å². The lowest BCUT2D eigenvalue weighted by molar-refractivity contribution is 0.151. The van der Waals surface area contributed by atoms with Crippen LogP contribution in [0.15, 0.2) is 18.2 Å². The van der Waals surface area contributed by atoms with Crippen LogP contribution in [0.1, 0.15) is 31.3 Å². The highest BCUT2D eigenvalue weighted by Crippen LogP contribution is 2.29. The van der Waals surface area contributed by atoms with Crippen LogP contribution in [0.3, 0.4) is 0 Å². The average molecular weight is 256 g/mol. The molecule has 0 aliphatic carbocycles. The average Bonchev–Trinajstić information content (AvgIpc) is 2.38. The Morgan fingerprint density at radius 2 is 2.22 bits per heavy atom. The van der Waals surface area contributed by atoms with Crippen LogP contribution < -0.4 is 10.6 Å². The summed E-state index contributed by atoms with van der Waals surface area (Å²) in [6, 6.07) is 4.33. The van der Waals surface area contributed by atoms with E-state index >= 15 is 0 Å². The van der Waals surface area contributed by atoms with Gasteiger partial charge in [0.1, 0.15) is 5.75 Å². The molecule has 5 heteroatoms. The summed E-state index contributed by atoms with van der Waals surface area (Å²) in [5.41, 5.74) is 0.348. The fourth-order valence-corrected chi connectivity index (χ4v) is 2.17. The van der Waals surface area contributed by atoms with E-state index in [-0.39, 0.29) is 11.3 Å². The summed E-state index contributed by atoms with van der Waals surface area (Å²) in [7, 11) is 0. The predicted octanol–water partition coefficient (Wildman–Crippen LogP) is 2.88. The lowest BCUT2D eigenvalue weighted by Gasteiger charge is -2.24. The van der Waals surface area contributed by atoms with E-state index in [1.807, 2.05) is 0 Å². The zero-order valence-electron chi connectivity index (χ0n) is 10.1. The molecule has 0 spiro atoms. The van der Waals surface area contributed by atoms with Crippen LogP contribution in [0.25, 0.3) is 0 Å². The molecule has 3 N–H and O–H groups in total. The van der Waals surface area contributed by atoms with Crippen molar-refractivity contribution in [2.24, 2.45) is 0 Å². The Bertz CT molecular complexity index is 393. The maximum absolute atomic E-state index is 12.4. The second kappa shape index (κ2) is 6.00. The molecule has 1 atom stereocenters. The van der Waals surface area contributed by atoms with Gasteiger partial charge in [-0.05, 0) is 31.5 Å². The quantitative estimate of drug-likeness (QED) is 0.726. The van der Waals surface area contributed by atoms with Crippen molar-refractivity contribution in [2.45, 2.75) is 31.7 Å². The molecule has 1 unspecified atom stereocenters. The van der Waals surface area contributed by atoms with Crippen LogP contribution in [0.2, 0.25) is 0 Å². The Morgan fingerprint density at radius 1 is 1.39 bits per heavy atom. The number of phenols is 1. The van der Waals surface area contributed by atoms with E-state index in [9.17, 15) is 13.9 Å². The molecular weight excluding hydrogens is 238 g/mol. The molecule has 2 rings (SSSR count). The Kier molecular flexibility index (Phi) is 4.36. The maximum atomic E-state index is 12.4. The molecule has 1 heterocycles. The molecule has 0 saturated carbocycles. The highest BCUT2D eigenvalue weighted by Gasteiger charge is 2.14. The van der Waals surface area contributed by atoms with Gasteiger partial charge in [-0.1, -0.05) is 12.5 Å². The van der Waals surface area contributed by atoms with Gasteiger partial charge in [-0.2, -0.15) is 0 Å². The number of hydrogen-bond donors (Lipinski definition) is 3. The van der Waals surface area contributed by atoms with Crippen LogP contribution in [0.4, 0.5) is 14.5 Å². The predicted molar refractivity (Wildman–Crippen MR) is 67.2 cm³/mol. The van der Waals surface area contributed by atoms with Crippen LogP contribution in [0, 0.1) is 0 Å². The van der Waals surface area contributed by atoms with Crippen molar-refractivity contribution in [3.05, 3.63) is 23.8 Å². The molecule has 18 heavy (non-hydrogen) atoms. The van der Waals surface area contributed by atoms with E-state index in [0.29, 0.717) is 18.3 Å². The van der Waals surface area contributed by atoms with Gasteiger partial charge >= 0.3 is 0 Å². The molecule has 1 aromatic rings. The molecule has 1 aliphatic heterocycles. The molecule has 0 aromatic heterocycles. The summed E-state index contributed by atoms with van der Waals surface area (Å²) < 4.78 is 24.8. The van der Waals surface area contributed by atoms with Crippen LogP contribution in [-0.4, -0.2) is 24.2 Å². The fraction of sp³-hybridized carbons (Fsp3) is 0.538. The molecule has 1 fully saturated rings. The summed E-state index contributed by atoms with van der Waals surface area (Å²) >= 11 is 0. The summed E-state index contributed by atoms with van der Waals surface area (Å²) in [5.74, 6) is -0.122. The molecule has 0 radical (unpaired) electrons. The third-order valence-corrected chi connectivity index (χ3v) is 3.23. The van der Waals surface area contributed by atoms with Gasteiger partial charge in [0.25, 0.3) is 6.43 Å². The van der Waals surface area contributed by atoms with E-state index in [1.54, 1.807) is 0 Å². The lowest BCUT2D eigenvalue weighted by Crippen LogP contribution is -2.39. The van der Waals surface area contributed by atoms with Crippen LogP contribution in [0.5, 0.6) is 5.75 Å². The summed E-state index contributed by atoms with van der Waals surface area (Å²) in [6.07, 6.45) is 0.952. The first-order valence-electron chi connectivity index (χ1n) is 6.25. The molecular formula is C13H18F2N2O. The van der Waals surface area contributed by atoms with E-state index in [0.717, 1.165) is 19.0 Å². The summed E-state index contributed by atoms with van der Waals surface area (Å²) in [6.45, 7) is 1.71. The van der Waals surface area contributed by atoms with Gasteiger partial charge in [-0.15, -0.1) is 0 Å². The number of aromatic hydroxyl groups is 1. The molecule has 1 aliphatic rings. The highest BCUT2D eigenvalue weighted by molar-refractivity contribution is 5.57. The van der Waals surface area contributed by atoms with Crippen molar-refractivity contribution >= 4 is 5.69 Å². The molecule has 1 saturated heterocycles. The normalized spacial score (nSPS) is 20.1. The number of nitrogens with one attached hydrogen (secondary N) is 2. The Morgan fingerprint density at radius 3 is 2.83 bits per heavy atom. The van der Waals surface area contributed by atoms with Gasteiger partial charge < -0.3 is 15.7 Å². The van der Waals surface area contributed by atoms with E-state index < -0.39 is 6.43 Å². The van der Waals surface area contributed by atoms with Crippen molar-refractivity contribution in [3.63, 3.8) is 0 Å². The Hall–Kier alpha value is -1.36. The first-order chi connectivity index (χ1) is 8.66. The molecule has 3 nitrogen and oxygen atoms in total. The SMILES string of the molecule is Oc1cc(C(F)F)ccc1NCC1CCCCN1. The number of halogens is 2. The second-order valence-electron chi connectivity index (χ2n) is 4.61. The van der Waals surface area contributed by atoms with Crippen LogP contribution in [-0.2, 0) is 0 Å². The smallest absolute Gasteiger partial charge is 0.263 e. The van der Waals surface area contributed by atoms with Crippen molar-refractivity contribution in [1.29, 1.82) is 0 Å². The zero-order valence-corrected chi connectivity index (χ0v) is 10.1. The number of rotatable bonds is 4. The minimum atomic E-state index is -2.55. The Labute approximate surface area is 105 Å². The van der Waals surface area contributed by atoms with Gasteiger partial charge in [0.05, 0.1) is 5.69 Å². The summed E-state index contributed by atoms with van der Waals surface area (Å²) in [5, 5.41) is 16.1. The van der Waals surface area contributed by atoms with Crippen molar-refractivity contribution in [1.82, 2.24) is 5.32 Å². The third-order valence-electron chi connectivity index (χ3n) is 3.23. The number of hydrogen-bond acceptors (Lipinski definition) is 3. The molecule has 100 valence electrons. The molecule has 0 amide bonds. The van der Waals surface area contributed by atoms with Crippen molar-refractivity contribution in [3.8, 4) is 5.75 Å². The number of alkyl halides is 2. The minimum absolute atomic E-state index is 0.122. The lowest BCUT2D eigenvalue weighted by atomic mass is 10.0. The standard InChI is InChI=1S/C13H18F2N2O/c14-13(15)9-4-5-11(12(18)7-9)17-8-10-3-1-2-6-16-10/h4-5,7,10,13,16-18H,1-3,6,8H2. The monoisotopic (exact) mass is 256 g/mol. The number of anilines is 1. The van der Waals surface area contributed by atoms with Gasteiger partial charge in [0.2, 0.25) is 0 Å². The highest BCUT2D eigenvalue weighted by atomic mass is 19.3. The number of phenolic OH excluding ortho intramolecular Hbond substituents is 1. The maximum Gasteiger partial charge on any atom is 0.263 e. The first kappa shape index (κ1) is 13.1. The summed E-state index contributed by atoms with van der Waals surface area (Å²) in [4.78, 5) is 0. The van der Waals surface area contributed by atoms with Crippen molar-refractivity contribution < 1.29 is 13.9 Å². The van der Waals surface area contributed by atoms with Gasteiger partial charge in [-0.25, -0.2) is 8.78 Å². The van der Waals surface area contributed by atoms with Crippen molar-refractivity contribution in [2.75, 3.05) is 18.4 Å². The number of piperidine rings is 1. The first-order valence-corrected chi connectivity index (χ1v) is 6.25. The third kappa shape index (κ3) is 3.32. The minimum Gasteiger partial charge on any atom is -0.506 e. The topological polar surface area (TPSA) is 44.3 Å². The van der Waals surface area contributed by atoms with Gasteiger partial charge in [-0.3, -0.25) is 0 Å².